The lowest BCUT2D eigenvalue weighted by atomic mass is 10.0. The molecule has 7 heteroatoms. The highest BCUT2D eigenvalue weighted by atomic mass is 19.4. The zero-order valence-corrected chi connectivity index (χ0v) is 10.1. The normalized spacial score (nSPS) is 14.5. The van der Waals surface area contributed by atoms with E-state index in [2.05, 4.69) is 5.32 Å². The Hall–Kier alpha value is -1.24. The highest BCUT2D eigenvalue weighted by Gasteiger charge is 2.39. The van der Waals surface area contributed by atoms with Gasteiger partial charge in [0.1, 0.15) is 6.04 Å². The van der Waals surface area contributed by atoms with Gasteiger partial charge in [-0.15, -0.1) is 0 Å². The Kier molecular flexibility index (Phi) is 4.84. The lowest BCUT2D eigenvalue weighted by Crippen LogP contribution is -2.43. The largest absolute Gasteiger partial charge is 0.416 e. The first-order chi connectivity index (χ1) is 8.64. The maximum Gasteiger partial charge on any atom is 0.416 e. The summed E-state index contributed by atoms with van der Waals surface area (Å²) >= 11 is 0. The predicted octanol–water partition coefficient (Wildman–Crippen LogP) is 3.79. The molecule has 19 heavy (non-hydrogen) atoms. The van der Waals surface area contributed by atoms with Gasteiger partial charge in [-0.3, -0.25) is 0 Å². The smallest absolute Gasteiger partial charge is 0.306 e. The van der Waals surface area contributed by atoms with Crippen molar-refractivity contribution in [1.82, 2.24) is 5.32 Å². The molecule has 1 unspecified atom stereocenters. The van der Waals surface area contributed by atoms with Crippen LogP contribution in [0.5, 0.6) is 0 Å². The van der Waals surface area contributed by atoms with Crippen LogP contribution in [0.1, 0.15) is 18.1 Å². The molecule has 0 spiro atoms. The average molecular weight is 285 g/mol. The minimum Gasteiger partial charge on any atom is -0.306 e. The zero-order valence-electron chi connectivity index (χ0n) is 10.1. The average Bonchev–Trinajstić information content (AvgIpc) is 2.26. The molecule has 0 heterocycles. The van der Waals surface area contributed by atoms with Crippen LogP contribution in [0.4, 0.5) is 26.3 Å². The van der Waals surface area contributed by atoms with Crippen molar-refractivity contribution in [2.75, 3.05) is 6.54 Å². The molecule has 0 amide bonds. The topological polar surface area (TPSA) is 12.0 Å². The Morgan fingerprint density at radius 3 is 1.89 bits per heavy atom. The molecule has 0 fully saturated rings. The van der Waals surface area contributed by atoms with Crippen LogP contribution in [0.15, 0.2) is 24.3 Å². The monoisotopic (exact) mass is 285 g/mol. The SMILES string of the molecule is CCNC(Cc1ccc(C(F)(F)F)cc1)C(F)(F)F. The third-order valence-electron chi connectivity index (χ3n) is 2.57. The summed E-state index contributed by atoms with van der Waals surface area (Å²) in [4.78, 5) is 0. The third-order valence-corrected chi connectivity index (χ3v) is 2.57. The molecule has 0 aliphatic carbocycles. The van der Waals surface area contributed by atoms with Gasteiger partial charge in [-0.25, -0.2) is 0 Å². The van der Waals surface area contributed by atoms with E-state index in [1.165, 1.54) is 6.92 Å². The van der Waals surface area contributed by atoms with Gasteiger partial charge in [0, 0.05) is 0 Å². The summed E-state index contributed by atoms with van der Waals surface area (Å²) in [5, 5.41) is 2.27. The highest BCUT2D eigenvalue weighted by Crippen LogP contribution is 2.30. The second-order valence-corrected chi connectivity index (χ2v) is 4.05. The van der Waals surface area contributed by atoms with E-state index in [0.29, 0.717) is 0 Å². The van der Waals surface area contributed by atoms with E-state index in [4.69, 9.17) is 0 Å². The highest BCUT2D eigenvalue weighted by molar-refractivity contribution is 5.25. The zero-order chi connectivity index (χ0) is 14.7. The summed E-state index contributed by atoms with van der Waals surface area (Å²) in [5.41, 5.74) is -0.667. The number of halogens is 6. The molecule has 108 valence electrons. The maximum absolute atomic E-state index is 12.6. The van der Waals surface area contributed by atoms with Crippen LogP contribution in [0.2, 0.25) is 0 Å². The Morgan fingerprint density at radius 1 is 1.00 bits per heavy atom. The molecular formula is C12H13F6N. The fourth-order valence-corrected chi connectivity index (χ4v) is 1.62. The molecule has 1 aromatic carbocycles. The third kappa shape index (κ3) is 4.74. The summed E-state index contributed by atoms with van der Waals surface area (Å²) in [6.07, 6.45) is -9.31. The predicted molar refractivity (Wildman–Crippen MR) is 58.7 cm³/mol. The number of hydrogen-bond acceptors (Lipinski definition) is 1. The first-order valence-corrected chi connectivity index (χ1v) is 5.61. The minimum absolute atomic E-state index is 0.130. The number of hydrogen-bond donors (Lipinski definition) is 1. The fraction of sp³-hybridized carbons (Fsp3) is 0.500. The van der Waals surface area contributed by atoms with Crippen LogP contribution < -0.4 is 5.32 Å². The molecule has 1 aromatic rings. The number of benzene rings is 1. The van der Waals surface area contributed by atoms with Crippen molar-refractivity contribution in [1.29, 1.82) is 0 Å². The summed E-state index contributed by atoms with van der Waals surface area (Å²) in [7, 11) is 0. The van der Waals surface area contributed by atoms with E-state index in [1.807, 2.05) is 0 Å². The van der Waals surface area contributed by atoms with Crippen LogP contribution in [0.3, 0.4) is 0 Å². The van der Waals surface area contributed by atoms with E-state index in [-0.39, 0.29) is 12.1 Å². The second kappa shape index (κ2) is 5.81. The molecule has 0 aromatic heterocycles. The van der Waals surface area contributed by atoms with E-state index in [9.17, 15) is 26.3 Å². The van der Waals surface area contributed by atoms with Crippen LogP contribution in [-0.2, 0) is 12.6 Å². The molecule has 1 atom stereocenters. The number of nitrogens with one attached hydrogen (secondary N) is 1. The molecule has 0 radical (unpaired) electrons. The number of rotatable bonds is 4. The molecular weight excluding hydrogens is 272 g/mol. The number of alkyl halides is 6. The van der Waals surface area contributed by atoms with Crippen LogP contribution in [0.25, 0.3) is 0 Å². The van der Waals surface area contributed by atoms with Gasteiger partial charge in [-0.1, -0.05) is 19.1 Å². The van der Waals surface area contributed by atoms with Gasteiger partial charge in [0.2, 0.25) is 0 Å². The lowest BCUT2D eigenvalue weighted by Gasteiger charge is -2.21. The summed E-state index contributed by atoms with van der Waals surface area (Å²) in [5.74, 6) is 0. The van der Waals surface area contributed by atoms with Crippen molar-refractivity contribution in [2.45, 2.75) is 31.7 Å². The molecule has 0 saturated carbocycles. The molecule has 0 bridgehead atoms. The molecule has 0 aliphatic rings. The van der Waals surface area contributed by atoms with E-state index < -0.39 is 30.4 Å². The molecule has 0 aliphatic heterocycles. The van der Waals surface area contributed by atoms with Crippen LogP contribution in [0, 0.1) is 0 Å². The lowest BCUT2D eigenvalue weighted by molar-refractivity contribution is -0.155. The Bertz CT molecular complexity index is 392. The van der Waals surface area contributed by atoms with E-state index in [1.54, 1.807) is 0 Å². The maximum atomic E-state index is 12.6. The summed E-state index contributed by atoms with van der Waals surface area (Å²) in [6, 6.07) is 1.95. The Morgan fingerprint density at radius 2 is 1.53 bits per heavy atom. The second-order valence-electron chi connectivity index (χ2n) is 4.05. The summed E-state index contributed by atoms with van der Waals surface area (Å²) in [6.45, 7) is 1.66. The van der Waals surface area contributed by atoms with Gasteiger partial charge in [0.05, 0.1) is 5.56 Å². The number of likely N-dealkylation sites (N-methyl/N-ethyl adjacent to an activating group) is 1. The van der Waals surface area contributed by atoms with Crippen LogP contribution >= 0.6 is 0 Å². The van der Waals surface area contributed by atoms with Crippen LogP contribution in [-0.4, -0.2) is 18.8 Å². The van der Waals surface area contributed by atoms with Gasteiger partial charge in [0.15, 0.2) is 0 Å². The van der Waals surface area contributed by atoms with E-state index in [0.717, 1.165) is 24.3 Å². The minimum atomic E-state index is -4.48. The van der Waals surface area contributed by atoms with Crippen molar-refractivity contribution in [3.63, 3.8) is 0 Å². The van der Waals surface area contributed by atoms with Gasteiger partial charge in [-0.2, -0.15) is 26.3 Å². The van der Waals surface area contributed by atoms with Gasteiger partial charge < -0.3 is 5.32 Å². The molecule has 1 nitrogen and oxygen atoms in total. The van der Waals surface area contributed by atoms with Gasteiger partial charge in [-0.05, 0) is 30.7 Å². The standard InChI is InChI=1S/C12H13F6N/c1-2-19-10(12(16,17)18)7-8-3-5-9(6-4-8)11(13,14)15/h3-6,10,19H,2,7H2,1H3. The Balaban J connectivity index is 2.81. The molecule has 1 N–H and O–H groups in total. The molecule has 0 saturated heterocycles. The summed E-state index contributed by atoms with van der Waals surface area (Å²) < 4.78 is 74.8. The Labute approximate surface area is 106 Å². The van der Waals surface area contributed by atoms with Crippen molar-refractivity contribution in [2.24, 2.45) is 0 Å². The quantitative estimate of drug-likeness (QED) is 0.830. The molecule has 1 rings (SSSR count). The van der Waals surface area contributed by atoms with Gasteiger partial charge in [0.25, 0.3) is 0 Å². The van der Waals surface area contributed by atoms with Crippen molar-refractivity contribution >= 4 is 0 Å². The first kappa shape index (κ1) is 15.8. The van der Waals surface area contributed by atoms with Crippen molar-refractivity contribution in [3.8, 4) is 0 Å². The van der Waals surface area contributed by atoms with E-state index >= 15 is 0 Å². The van der Waals surface area contributed by atoms with Crippen molar-refractivity contribution < 1.29 is 26.3 Å². The fourth-order valence-electron chi connectivity index (χ4n) is 1.62. The van der Waals surface area contributed by atoms with Crippen molar-refractivity contribution in [3.05, 3.63) is 35.4 Å². The van der Waals surface area contributed by atoms with Gasteiger partial charge >= 0.3 is 12.4 Å². The first-order valence-electron chi connectivity index (χ1n) is 5.61.